The quantitative estimate of drug-likeness (QED) is 0.912. The van der Waals surface area contributed by atoms with Gasteiger partial charge in [-0.1, -0.05) is 0 Å². The van der Waals surface area contributed by atoms with Crippen LogP contribution in [0.15, 0.2) is 12.1 Å². The number of nitrogens with zero attached hydrogens (tertiary/aromatic N) is 5. The Morgan fingerprint density at radius 2 is 2.14 bits per heavy atom. The first-order valence-electron chi connectivity index (χ1n) is 7.40. The summed E-state index contributed by atoms with van der Waals surface area (Å²) in [5.41, 5.74) is 1.16. The van der Waals surface area contributed by atoms with Gasteiger partial charge in [0, 0.05) is 43.0 Å². The monoisotopic (exact) mass is 302 g/mol. The Hall–Kier alpha value is -1.76. The minimum absolute atomic E-state index is 0.638. The van der Waals surface area contributed by atoms with Gasteiger partial charge in [0.15, 0.2) is 5.82 Å². The lowest BCUT2D eigenvalue weighted by Gasteiger charge is -2.39. The molecule has 110 valence electrons. The van der Waals surface area contributed by atoms with E-state index in [1.54, 1.807) is 0 Å². The summed E-state index contributed by atoms with van der Waals surface area (Å²) >= 11 is 1.43. The van der Waals surface area contributed by atoms with Gasteiger partial charge in [0.1, 0.15) is 5.82 Å². The molecule has 4 rings (SSSR count). The second kappa shape index (κ2) is 5.22. The Balaban J connectivity index is 1.26. The molecule has 1 saturated heterocycles. The third-order valence-corrected chi connectivity index (χ3v) is 4.78. The van der Waals surface area contributed by atoms with Crippen molar-refractivity contribution < 1.29 is 0 Å². The first-order valence-corrected chi connectivity index (χ1v) is 8.18. The smallest absolute Gasteiger partial charge is 0.202 e. The number of aryl methyl sites for hydroxylation is 1. The Bertz CT molecular complexity index is 615. The molecule has 1 saturated carbocycles. The molecule has 2 aromatic heterocycles. The summed E-state index contributed by atoms with van der Waals surface area (Å²) in [5, 5.41) is 13.0. The van der Waals surface area contributed by atoms with Crippen molar-refractivity contribution in [1.82, 2.24) is 19.6 Å². The molecule has 0 radical (unpaired) electrons. The molecule has 2 aliphatic rings. The molecular weight excluding hydrogens is 284 g/mol. The van der Waals surface area contributed by atoms with Gasteiger partial charge in [-0.05, 0) is 31.9 Å². The fourth-order valence-corrected chi connectivity index (χ4v) is 3.17. The minimum atomic E-state index is 0.638. The summed E-state index contributed by atoms with van der Waals surface area (Å²) in [5.74, 6) is 3.15. The molecule has 0 unspecified atom stereocenters. The molecule has 1 N–H and O–H groups in total. The topological polar surface area (TPSA) is 66.8 Å². The van der Waals surface area contributed by atoms with Crippen LogP contribution in [-0.2, 0) is 0 Å². The van der Waals surface area contributed by atoms with Gasteiger partial charge in [-0.2, -0.15) is 9.47 Å². The predicted molar refractivity (Wildman–Crippen MR) is 82.8 cm³/mol. The van der Waals surface area contributed by atoms with Crippen LogP contribution in [0.3, 0.4) is 0 Å². The van der Waals surface area contributed by atoms with Crippen molar-refractivity contribution in [2.75, 3.05) is 29.9 Å². The van der Waals surface area contributed by atoms with Gasteiger partial charge >= 0.3 is 0 Å². The minimum Gasteiger partial charge on any atom is -0.360 e. The van der Waals surface area contributed by atoms with Crippen LogP contribution in [0, 0.1) is 12.8 Å². The van der Waals surface area contributed by atoms with Gasteiger partial charge in [0.05, 0.1) is 5.69 Å². The lowest BCUT2D eigenvalue weighted by atomic mass is 10.0. The largest absolute Gasteiger partial charge is 0.360 e. The lowest BCUT2D eigenvalue weighted by molar-refractivity contribution is 0.425. The first kappa shape index (κ1) is 12.9. The Kier molecular flexibility index (Phi) is 3.21. The van der Waals surface area contributed by atoms with Crippen molar-refractivity contribution in [3.8, 4) is 0 Å². The molecule has 0 bridgehead atoms. The van der Waals surface area contributed by atoms with E-state index in [1.807, 2.05) is 6.92 Å². The second-order valence-electron chi connectivity index (χ2n) is 5.89. The van der Waals surface area contributed by atoms with Crippen molar-refractivity contribution in [2.45, 2.75) is 25.7 Å². The van der Waals surface area contributed by atoms with Gasteiger partial charge in [0.25, 0.3) is 0 Å². The van der Waals surface area contributed by atoms with Crippen LogP contribution >= 0.6 is 11.5 Å². The zero-order valence-electron chi connectivity index (χ0n) is 12.0. The molecule has 0 aromatic carbocycles. The number of hydrogen-bond acceptors (Lipinski definition) is 7. The predicted octanol–water partition coefficient (Wildman–Crippen LogP) is 2.06. The Morgan fingerprint density at radius 1 is 1.29 bits per heavy atom. The summed E-state index contributed by atoms with van der Waals surface area (Å²) in [6.07, 6.45) is 2.55. The highest BCUT2D eigenvalue weighted by Gasteiger charge is 2.29. The van der Waals surface area contributed by atoms with Gasteiger partial charge < -0.3 is 10.2 Å². The summed E-state index contributed by atoms with van der Waals surface area (Å²) in [6.45, 7) is 4.92. The van der Waals surface area contributed by atoms with Crippen molar-refractivity contribution in [1.29, 1.82) is 0 Å². The number of rotatable bonds is 5. The SMILES string of the molecule is Cc1nsc(NCC2CN(c3ccc(C4CC4)nn3)C2)n1. The van der Waals surface area contributed by atoms with Crippen LogP contribution in [0.25, 0.3) is 0 Å². The van der Waals surface area contributed by atoms with Crippen molar-refractivity contribution in [2.24, 2.45) is 5.92 Å². The molecule has 0 spiro atoms. The Labute approximate surface area is 127 Å². The van der Waals surface area contributed by atoms with E-state index in [0.29, 0.717) is 11.8 Å². The van der Waals surface area contributed by atoms with Crippen LogP contribution < -0.4 is 10.2 Å². The van der Waals surface area contributed by atoms with E-state index in [-0.39, 0.29) is 0 Å². The van der Waals surface area contributed by atoms with Crippen LogP contribution in [0.4, 0.5) is 10.9 Å². The fraction of sp³-hybridized carbons (Fsp3) is 0.571. The molecule has 21 heavy (non-hydrogen) atoms. The Morgan fingerprint density at radius 3 is 2.76 bits per heavy atom. The summed E-state index contributed by atoms with van der Waals surface area (Å²) in [6, 6.07) is 4.24. The van der Waals surface area contributed by atoms with E-state index >= 15 is 0 Å². The molecule has 0 atom stereocenters. The van der Waals surface area contributed by atoms with E-state index in [4.69, 9.17) is 0 Å². The molecule has 2 fully saturated rings. The average molecular weight is 302 g/mol. The lowest BCUT2D eigenvalue weighted by Crippen LogP contribution is -2.50. The van der Waals surface area contributed by atoms with E-state index in [2.05, 4.69) is 41.9 Å². The molecule has 1 aliphatic heterocycles. The number of hydrogen-bond donors (Lipinski definition) is 1. The van der Waals surface area contributed by atoms with Gasteiger partial charge in [-0.25, -0.2) is 4.98 Å². The number of aromatic nitrogens is 4. The third kappa shape index (κ3) is 2.83. The maximum atomic E-state index is 4.35. The van der Waals surface area contributed by atoms with Gasteiger partial charge in [-0.3, -0.25) is 0 Å². The maximum Gasteiger partial charge on any atom is 0.202 e. The number of nitrogens with one attached hydrogen (secondary N) is 1. The zero-order valence-corrected chi connectivity index (χ0v) is 12.8. The van der Waals surface area contributed by atoms with Gasteiger partial charge in [0.2, 0.25) is 5.13 Å². The third-order valence-electron chi connectivity index (χ3n) is 4.02. The summed E-state index contributed by atoms with van der Waals surface area (Å²) < 4.78 is 4.17. The molecule has 3 heterocycles. The summed E-state index contributed by atoms with van der Waals surface area (Å²) in [4.78, 5) is 6.59. The molecule has 2 aromatic rings. The van der Waals surface area contributed by atoms with E-state index in [1.165, 1.54) is 24.4 Å². The van der Waals surface area contributed by atoms with Crippen LogP contribution in [0.5, 0.6) is 0 Å². The molecule has 6 nitrogen and oxygen atoms in total. The average Bonchev–Trinajstić information content (AvgIpc) is 3.21. The van der Waals surface area contributed by atoms with E-state index in [9.17, 15) is 0 Å². The normalized spacial score (nSPS) is 18.6. The molecule has 0 amide bonds. The van der Waals surface area contributed by atoms with E-state index in [0.717, 1.165) is 42.1 Å². The van der Waals surface area contributed by atoms with Crippen molar-refractivity contribution in [3.05, 3.63) is 23.7 Å². The van der Waals surface area contributed by atoms with Crippen molar-refractivity contribution >= 4 is 22.5 Å². The maximum absolute atomic E-state index is 4.35. The van der Waals surface area contributed by atoms with Crippen LogP contribution in [-0.4, -0.2) is 39.2 Å². The van der Waals surface area contributed by atoms with Crippen LogP contribution in [0.1, 0.15) is 30.3 Å². The second-order valence-corrected chi connectivity index (χ2v) is 6.64. The standard InChI is InChI=1S/C14H18N6S/c1-9-16-14(21-19-9)15-6-10-7-20(8-10)13-5-4-12(17-18-13)11-2-3-11/h4-5,10-11H,2-3,6-8H2,1H3,(H,15,16,19). The van der Waals surface area contributed by atoms with E-state index < -0.39 is 0 Å². The highest BCUT2D eigenvalue weighted by molar-refractivity contribution is 7.09. The first-order chi connectivity index (χ1) is 10.3. The molecule has 7 heteroatoms. The van der Waals surface area contributed by atoms with Crippen LogP contribution in [0.2, 0.25) is 0 Å². The number of anilines is 2. The fourth-order valence-electron chi connectivity index (χ4n) is 2.59. The van der Waals surface area contributed by atoms with Crippen molar-refractivity contribution in [3.63, 3.8) is 0 Å². The zero-order chi connectivity index (χ0) is 14.2. The molecular formula is C14H18N6S. The highest BCUT2D eigenvalue weighted by Crippen LogP contribution is 2.38. The molecule has 1 aliphatic carbocycles. The van der Waals surface area contributed by atoms with Gasteiger partial charge in [-0.15, -0.1) is 5.10 Å². The highest BCUT2D eigenvalue weighted by atomic mass is 32.1. The summed E-state index contributed by atoms with van der Waals surface area (Å²) in [7, 11) is 0.